The van der Waals surface area contributed by atoms with Crippen LogP contribution in [0.15, 0.2) is 29.3 Å². The molecule has 0 aliphatic carbocycles. The molecule has 1 aromatic carbocycles. The Morgan fingerprint density at radius 2 is 2.11 bits per heavy atom. The molecule has 0 saturated carbocycles. The second-order valence-electron chi connectivity index (χ2n) is 5.94. The average molecular weight is 377 g/mol. The first kappa shape index (κ1) is 20.2. The van der Waals surface area contributed by atoms with Crippen LogP contribution >= 0.6 is 0 Å². The lowest BCUT2D eigenvalue weighted by Gasteiger charge is -2.16. The minimum atomic E-state index is -1.14. The molecule has 10 nitrogen and oxygen atoms in total. The summed E-state index contributed by atoms with van der Waals surface area (Å²) in [6, 6.07) is 5.83. The topological polar surface area (TPSA) is 152 Å². The van der Waals surface area contributed by atoms with Gasteiger partial charge in [0.25, 0.3) is 5.91 Å². The number of nitrogens with one attached hydrogen (secondary N) is 4. The van der Waals surface area contributed by atoms with Gasteiger partial charge in [-0.3, -0.25) is 19.4 Å². The summed E-state index contributed by atoms with van der Waals surface area (Å²) in [5, 5.41) is 28.8. The third-order valence-electron chi connectivity index (χ3n) is 3.70. The fourth-order valence-corrected chi connectivity index (χ4v) is 2.40. The maximum absolute atomic E-state index is 12.2. The van der Waals surface area contributed by atoms with Gasteiger partial charge in [0.05, 0.1) is 25.6 Å². The number of carbonyl (C=O) groups excluding carboxylic acids is 2. The first-order valence-electron chi connectivity index (χ1n) is 8.53. The Morgan fingerprint density at radius 3 is 2.78 bits per heavy atom. The van der Waals surface area contributed by atoms with Crippen molar-refractivity contribution in [2.75, 3.05) is 31.6 Å². The second kappa shape index (κ2) is 10.1. The van der Waals surface area contributed by atoms with Gasteiger partial charge in [-0.05, 0) is 24.6 Å². The smallest absolute Gasteiger partial charge is 0.305 e. The number of aliphatic imine (C=N–C) groups is 1. The zero-order valence-electron chi connectivity index (χ0n) is 14.7. The second-order valence-corrected chi connectivity index (χ2v) is 5.94. The first-order valence-corrected chi connectivity index (χ1v) is 8.53. The van der Waals surface area contributed by atoms with Gasteiger partial charge in [0.15, 0.2) is 5.96 Å². The fourth-order valence-electron chi connectivity index (χ4n) is 2.40. The molecular formula is C17H23N5O5. The van der Waals surface area contributed by atoms with E-state index in [1.165, 1.54) is 0 Å². The molecule has 0 bridgehead atoms. The van der Waals surface area contributed by atoms with Gasteiger partial charge in [-0.2, -0.15) is 0 Å². The van der Waals surface area contributed by atoms with Crippen molar-refractivity contribution in [1.29, 1.82) is 0 Å². The van der Waals surface area contributed by atoms with Crippen molar-refractivity contribution in [1.82, 2.24) is 16.0 Å². The van der Waals surface area contributed by atoms with Crippen LogP contribution in [0.4, 0.5) is 5.69 Å². The first-order chi connectivity index (χ1) is 13.0. The van der Waals surface area contributed by atoms with Gasteiger partial charge in [0.1, 0.15) is 0 Å². The van der Waals surface area contributed by atoms with E-state index < -0.39 is 36.9 Å². The van der Waals surface area contributed by atoms with Gasteiger partial charge < -0.3 is 31.5 Å². The summed E-state index contributed by atoms with van der Waals surface area (Å²) in [4.78, 5) is 38.9. The van der Waals surface area contributed by atoms with E-state index in [9.17, 15) is 14.4 Å². The predicted molar refractivity (Wildman–Crippen MR) is 98.6 cm³/mol. The number of aliphatic hydroxyl groups is 1. The van der Waals surface area contributed by atoms with E-state index in [1.54, 1.807) is 24.3 Å². The summed E-state index contributed by atoms with van der Waals surface area (Å²) in [5.74, 6) is -1.53. The Labute approximate surface area is 156 Å². The monoisotopic (exact) mass is 377 g/mol. The average Bonchev–Trinajstić information content (AvgIpc) is 2.66. The standard InChI is InChI=1S/C17H23N5O5/c23-10-13(8-15(25)26)21-14(24)9-20-16(27)11-3-1-4-12(7-11)22-17-18-5-2-6-19-17/h1,3-4,7,13,23H,2,5-6,8-10H2,(H,20,27)(H,21,24)(H,25,26)(H2,18,19,22). The number of carboxylic acid groups (broad SMARTS) is 1. The summed E-state index contributed by atoms with van der Waals surface area (Å²) in [6.07, 6.45) is 0.571. The van der Waals surface area contributed by atoms with E-state index in [0.717, 1.165) is 19.5 Å². The van der Waals surface area contributed by atoms with Crippen LogP contribution in [0, 0.1) is 0 Å². The highest BCUT2D eigenvalue weighted by molar-refractivity contribution is 5.99. The van der Waals surface area contributed by atoms with E-state index in [-0.39, 0.29) is 6.54 Å². The molecule has 1 atom stereocenters. The lowest BCUT2D eigenvalue weighted by molar-refractivity contribution is -0.138. The van der Waals surface area contributed by atoms with Gasteiger partial charge in [0, 0.05) is 24.3 Å². The highest BCUT2D eigenvalue weighted by Crippen LogP contribution is 2.11. The normalized spacial score (nSPS) is 14.3. The number of aliphatic carboxylic acids is 1. The van der Waals surface area contributed by atoms with Crippen LogP contribution in [-0.2, 0) is 9.59 Å². The van der Waals surface area contributed by atoms with Crippen molar-refractivity contribution in [3.63, 3.8) is 0 Å². The summed E-state index contributed by atoms with van der Waals surface area (Å²) in [5.41, 5.74) is 1.04. The van der Waals surface area contributed by atoms with Crippen LogP contribution in [0.1, 0.15) is 23.2 Å². The lowest BCUT2D eigenvalue weighted by atomic mass is 10.2. The van der Waals surface area contributed by atoms with Crippen molar-refractivity contribution in [2.45, 2.75) is 18.9 Å². The third kappa shape index (κ3) is 6.94. The SMILES string of the molecule is O=C(O)CC(CO)NC(=O)CNC(=O)c1cccc(NC2=NCCCN2)c1. The van der Waals surface area contributed by atoms with Gasteiger partial charge in [0.2, 0.25) is 5.91 Å². The number of carboxylic acids is 1. The van der Waals surface area contributed by atoms with Gasteiger partial charge >= 0.3 is 5.97 Å². The highest BCUT2D eigenvalue weighted by Gasteiger charge is 2.16. The molecule has 0 spiro atoms. The van der Waals surface area contributed by atoms with Gasteiger partial charge in [-0.25, -0.2) is 0 Å². The summed E-state index contributed by atoms with van der Waals surface area (Å²) < 4.78 is 0. The molecule has 6 N–H and O–H groups in total. The minimum absolute atomic E-state index is 0.332. The summed E-state index contributed by atoms with van der Waals surface area (Å²) in [7, 11) is 0. The number of hydrogen-bond acceptors (Lipinski definition) is 7. The van der Waals surface area contributed by atoms with Crippen LogP contribution in [-0.4, -0.2) is 66.2 Å². The molecule has 1 heterocycles. The summed E-state index contributed by atoms with van der Waals surface area (Å²) >= 11 is 0. The molecule has 1 unspecified atom stereocenters. The molecule has 10 heteroatoms. The van der Waals surface area contributed by atoms with Crippen LogP contribution < -0.4 is 21.3 Å². The Hall–Kier alpha value is -3.14. The molecule has 2 amide bonds. The fraction of sp³-hybridized carbons (Fsp3) is 0.412. The molecule has 0 aromatic heterocycles. The summed E-state index contributed by atoms with van der Waals surface area (Å²) in [6.45, 7) is 0.734. The lowest BCUT2D eigenvalue weighted by Crippen LogP contribution is -2.44. The number of nitrogens with zero attached hydrogens (tertiary/aromatic N) is 1. The molecule has 27 heavy (non-hydrogen) atoms. The third-order valence-corrected chi connectivity index (χ3v) is 3.70. The predicted octanol–water partition coefficient (Wildman–Crippen LogP) is -0.871. The van der Waals surface area contributed by atoms with Crippen molar-refractivity contribution in [3.8, 4) is 0 Å². The highest BCUT2D eigenvalue weighted by atomic mass is 16.4. The maximum Gasteiger partial charge on any atom is 0.305 e. The van der Waals surface area contributed by atoms with Gasteiger partial charge in [-0.15, -0.1) is 0 Å². The Balaban J connectivity index is 1.86. The maximum atomic E-state index is 12.2. The Morgan fingerprint density at radius 1 is 1.30 bits per heavy atom. The Kier molecular flexibility index (Phi) is 7.56. The molecule has 1 aliphatic rings. The quantitative estimate of drug-likeness (QED) is 0.344. The van der Waals surface area contributed by atoms with Crippen LogP contribution in [0.5, 0.6) is 0 Å². The minimum Gasteiger partial charge on any atom is -0.481 e. The number of guanidine groups is 1. The van der Waals surface area contributed by atoms with Crippen LogP contribution in [0.3, 0.4) is 0 Å². The van der Waals surface area contributed by atoms with Crippen LogP contribution in [0.25, 0.3) is 0 Å². The van der Waals surface area contributed by atoms with Crippen molar-refractivity contribution >= 4 is 29.4 Å². The van der Waals surface area contributed by atoms with Crippen molar-refractivity contribution in [2.24, 2.45) is 4.99 Å². The molecule has 0 fully saturated rings. The molecular weight excluding hydrogens is 354 g/mol. The molecule has 2 rings (SSSR count). The van der Waals surface area contributed by atoms with Crippen LogP contribution in [0.2, 0.25) is 0 Å². The molecule has 146 valence electrons. The van der Waals surface area contributed by atoms with E-state index >= 15 is 0 Å². The number of carbonyl (C=O) groups is 3. The number of rotatable bonds is 8. The van der Waals surface area contributed by atoms with Crippen molar-refractivity contribution in [3.05, 3.63) is 29.8 Å². The Bertz CT molecular complexity index is 721. The molecule has 0 saturated heterocycles. The van der Waals surface area contributed by atoms with E-state index in [2.05, 4.69) is 26.3 Å². The molecule has 0 radical (unpaired) electrons. The zero-order valence-corrected chi connectivity index (χ0v) is 14.7. The van der Waals surface area contributed by atoms with E-state index in [4.69, 9.17) is 10.2 Å². The molecule has 1 aromatic rings. The number of anilines is 1. The van der Waals surface area contributed by atoms with E-state index in [0.29, 0.717) is 17.2 Å². The number of aliphatic hydroxyl groups excluding tert-OH is 1. The largest absolute Gasteiger partial charge is 0.481 e. The van der Waals surface area contributed by atoms with Crippen molar-refractivity contribution < 1.29 is 24.6 Å². The number of amides is 2. The number of hydrogen-bond donors (Lipinski definition) is 6. The van der Waals surface area contributed by atoms with E-state index in [1.807, 2.05) is 0 Å². The number of benzene rings is 1. The molecule has 1 aliphatic heterocycles. The zero-order chi connectivity index (χ0) is 19.6. The van der Waals surface area contributed by atoms with Gasteiger partial charge in [-0.1, -0.05) is 6.07 Å².